The van der Waals surface area contributed by atoms with Gasteiger partial charge in [-0.1, -0.05) is 60.2 Å². The van der Waals surface area contributed by atoms with Crippen LogP contribution < -0.4 is 4.74 Å². The van der Waals surface area contributed by atoms with Gasteiger partial charge in [0.25, 0.3) is 0 Å². The van der Waals surface area contributed by atoms with Crippen molar-refractivity contribution in [1.29, 1.82) is 0 Å². The normalized spacial score (nSPS) is 10.6. The maximum Gasteiger partial charge on any atom is 0.165 e. The molecule has 0 saturated heterocycles. The van der Waals surface area contributed by atoms with Crippen LogP contribution in [-0.2, 0) is 0 Å². The molecule has 0 radical (unpaired) electrons. The fourth-order valence-electron chi connectivity index (χ4n) is 1.82. The smallest absolute Gasteiger partial charge is 0.165 e. The Labute approximate surface area is 118 Å². The lowest BCUT2D eigenvalue weighted by molar-refractivity contribution is 0.290. The molecule has 0 aliphatic rings. The summed E-state index contributed by atoms with van der Waals surface area (Å²) in [6.45, 7) is 0.613. The van der Waals surface area contributed by atoms with E-state index >= 15 is 0 Å². The molecule has 0 N–H and O–H groups in total. The monoisotopic (exact) mass is 316 g/mol. The van der Waals surface area contributed by atoms with Crippen molar-refractivity contribution in [3.63, 3.8) is 0 Å². The van der Waals surface area contributed by atoms with Crippen LogP contribution in [0.4, 0.5) is 4.39 Å². The van der Waals surface area contributed by atoms with Gasteiger partial charge in [-0.15, -0.1) is 0 Å². The van der Waals surface area contributed by atoms with Crippen LogP contribution in [0.2, 0.25) is 0 Å². The summed E-state index contributed by atoms with van der Waals surface area (Å²) in [5.74, 6) is 0.0992. The van der Waals surface area contributed by atoms with Crippen molar-refractivity contribution >= 4 is 15.9 Å². The van der Waals surface area contributed by atoms with Gasteiger partial charge in [0.1, 0.15) is 0 Å². The molecular formula is C15H22BrFO. The van der Waals surface area contributed by atoms with Gasteiger partial charge in [-0.2, -0.15) is 0 Å². The first-order chi connectivity index (χ1) is 8.84. The minimum absolute atomic E-state index is 0.271. The van der Waals surface area contributed by atoms with E-state index in [1.54, 1.807) is 18.2 Å². The molecular weight excluding hydrogens is 295 g/mol. The van der Waals surface area contributed by atoms with E-state index in [1.807, 2.05) is 0 Å². The summed E-state index contributed by atoms with van der Waals surface area (Å²) in [5.41, 5.74) is 0. The lowest BCUT2D eigenvalue weighted by Crippen LogP contribution is -1.98. The molecule has 102 valence electrons. The van der Waals surface area contributed by atoms with Crippen LogP contribution in [0.15, 0.2) is 24.3 Å². The summed E-state index contributed by atoms with van der Waals surface area (Å²) in [7, 11) is 0. The third-order valence-corrected chi connectivity index (χ3v) is 3.43. The van der Waals surface area contributed by atoms with Gasteiger partial charge >= 0.3 is 0 Å². The molecule has 0 heterocycles. The van der Waals surface area contributed by atoms with E-state index in [4.69, 9.17) is 4.74 Å². The van der Waals surface area contributed by atoms with Crippen LogP contribution in [0.5, 0.6) is 5.75 Å². The summed E-state index contributed by atoms with van der Waals surface area (Å²) < 4.78 is 18.6. The van der Waals surface area contributed by atoms with Crippen LogP contribution in [0, 0.1) is 5.82 Å². The second kappa shape index (κ2) is 10.4. The molecule has 1 nitrogen and oxygen atoms in total. The first kappa shape index (κ1) is 15.5. The Hall–Kier alpha value is -0.570. The summed E-state index contributed by atoms with van der Waals surface area (Å²) in [4.78, 5) is 0. The summed E-state index contributed by atoms with van der Waals surface area (Å²) in [6.07, 6.45) is 8.64. The molecule has 1 rings (SSSR count). The van der Waals surface area contributed by atoms with Gasteiger partial charge < -0.3 is 4.74 Å². The van der Waals surface area contributed by atoms with Crippen molar-refractivity contribution in [2.45, 2.75) is 44.9 Å². The number of para-hydroxylation sites is 1. The number of hydrogen-bond donors (Lipinski definition) is 0. The number of rotatable bonds is 10. The fourth-order valence-corrected chi connectivity index (χ4v) is 2.22. The van der Waals surface area contributed by atoms with Crippen LogP contribution >= 0.6 is 15.9 Å². The number of benzene rings is 1. The summed E-state index contributed by atoms with van der Waals surface area (Å²) >= 11 is 3.43. The number of halogens is 2. The SMILES string of the molecule is Fc1ccccc1OCCCCCCCCCBr. The average Bonchev–Trinajstić information content (AvgIpc) is 2.39. The van der Waals surface area contributed by atoms with Gasteiger partial charge in [0.05, 0.1) is 6.61 Å². The Morgan fingerprint density at radius 3 is 2.17 bits per heavy atom. The predicted molar refractivity (Wildman–Crippen MR) is 78.0 cm³/mol. The van der Waals surface area contributed by atoms with Crippen LogP contribution in [-0.4, -0.2) is 11.9 Å². The second-order valence-corrected chi connectivity index (χ2v) is 5.24. The van der Waals surface area contributed by atoms with E-state index in [0.717, 1.165) is 11.8 Å². The van der Waals surface area contributed by atoms with E-state index in [-0.39, 0.29) is 5.82 Å². The summed E-state index contributed by atoms with van der Waals surface area (Å²) in [5, 5.41) is 1.11. The molecule has 0 aliphatic heterocycles. The minimum Gasteiger partial charge on any atom is -0.491 e. The van der Waals surface area contributed by atoms with Gasteiger partial charge in [0.15, 0.2) is 11.6 Å². The van der Waals surface area contributed by atoms with Crippen LogP contribution in [0.25, 0.3) is 0 Å². The Balaban J connectivity index is 1.94. The minimum atomic E-state index is -0.271. The predicted octanol–water partition coefficient (Wildman–Crippen LogP) is 5.33. The molecule has 0 aliphatic carbocycles. The third-order valence-electron chi connectivity index (χ3n) is 2.87. The molecule has 0 saturated carbocycles. The molecule has 0 atom stereocenters. The fraction of sp³-hybridized carbons (Fsp3) is 0.600. The molecule has 0 amide bonds. The van der Waals surface area contributed by atoms with Crippen molar-refractivity contribution in [2.75, 3.05) is 11.9 Å². The molecule has 0 fully saturated rings. The van der Waals surface area contributed by atoms with Crippen LogP contribution in [0.1, 0.15) is 44.9 Å². The highest BCUT2D eigenvalue weighted by atomic mass is 79.9. The quantitative estimate of drug-likeness (QED) is 0.418. The highest BCUT2D eigenvalue weighted by Crippen LogP contribution is 2.16. The Morgan fingerprint density at radius 2 is 1.50 bits per heavy atom. The maximum atomic E-state index is 13.2. The molecule has 0 unspecified atom stereocenters. The Kier molecular flexibility index (Phi) is 8.92. The van der Waals surface area contributed by atoms with E-state index in [9.17, 15) is 4.39 Å². The average molecular weight is 317 g/mol. The molecule has 0 bridgehead atoms. The number of ether oxygens (including phenoxy) is 1. The molecule has 0 spiro atoms. The van der Waals surface area contributed by atoms with Gasteiger partial charge in [-0.25, -0.2) is 4.39 Å². The van der Waals surface area contributed by atoms with Gasteiger partial charge in [0, 0.05) is 5.33 Å². The molecule has 1 aromatic carbocycles. The Morgan fingerprint density at radius 1 is 0.889 bits per heavy atom. The maximum absolute atomic E-state index is 13.2. The van der Waals surface area contributed by atoms with E-state index in [2.05, 4.69) is 15.9 Å². The topological polar surface area (TPSA) is 9.23 Å². The van der Waals surface area contributed by atoms with Crippen molar-refractivity contribution in [3.05, 3.63) is 30.1 Å². The van der Waals surface area contributed by atoms with Crippen molar-refractivity contribution < 1.29 is 9.13 Å². The van der Waals surface area contributed by atoms with Crippen LogP contribution in [0.3, 0.4) is 0 Å². The van der Waals surface area contributed by atoms with Crippen molar-refractivity contribution in [1.82, 2.24) is 0 Å². The molecule has 18 heavy (non-hydrogen) atoms. The second-order valence-electron chi connectivity index (χ2n) is 4.44. The lowest BCUT2D eigenvalue weighted by Gasteiger charge is -2.06. The van der Waals surface area contributed by atoms with E-state index in [0.29, 0.717) is 12.4 Å². The zero-order valence-corrected chi connectivity index (χ0v) is 12.4. The first-order valence-electron chi connectivity index (χ1n) is 6.78. The van der Waals surface area contributed by atoms with Gasteiger partial charge in [-0.3, -0.25) is 0 Å². The molecule has 1 aromatic rings. The lowest BCUT2D eigenvalue weighted by atomic mass is 10.1. The van der Waals surface area contributed by atoms with Gasteiger partial charge in [-0.05, 0) is 25.0 Å². The Bertz CT molecular complexity index is 317. The molecule has 3 heteroatoms. The van der Waals surface area contributed by atoms with E-state index in [1.165, 1.54) is 44.6 Å². The third kappa shape index (κ3) is 7.00. The first-order valence-corrected chi connectivity index (χ1v) is 7.90. The number of alkyl halides is 1. The van der Waals surface area contributed by atoms with E-state index < -0.39 is 0 Å². The highest BCUT2D eigenvalue weighted by Gasteiger charge is 2.00. The van der Waals surface area contributed by atoms with Crippen molar-refractivity contribution in [2.24, 2.45) is 0 Å². The highest BCUT2D eigenvalue weighted by molar-refractivity contribution is 9.09. The number of hydrogen-bond acceptors (Lipinski definition) is 1. The van der Waals surface area contributed by atoms with Gasteiger partial charge in [0.2, 0.25) is 0 Å². The standard InChI is InChI=1S/C15H22BrFO/c16-12-8-4-2-1-3-5-9-13-18-15-11-7-6-10-14(15)17/h6-7,10-11H,1-5,8-9,12-13H2. The molecule has 0 aromatic heterocycles. The zero-order valence-electron chi connectivity index (χ0n) is 10.8. The summed E-state index contributed by atoms with van der Waals surface area (Å²) in [6, 6.07) is 6.58. The van der Waals surface area contributed by atoms with Crippen molar-refractivity contribution in [3.8, 4) is 5.75 Å². The zero-order chi connectivity index (χ0) is 13.1. The largest absolute Gasteiger partial charge is 0.491 e. The number of unbranched alkanes of at least 4 members (excludes halogenated alkanes) is 6.